The summed E-state index contributed by atoms with van der Waals surface area (Å²) in [5, 5.41) is 16.3. The average molecular weight is 343 g/mol. The van der Waals surface area contributed by atoms with Gasteiger partial charge in [-0.15, -0.1) is 0 Å². The van der Waals surface area contributed by atoms with E-state index in [9.17, 15) is 19.7 Å². The second-order valence-corrected chi connectivity index (χ2v) is 5.31. The molecule has 0 bridgehead atoms. The molecule has 0 aromatic heterocycles. The minimum Gasteiger partial charge on any atom is -0.495 e. The Bertz CT molecular complexity index is 848. The molecule has 0 aliphatic carbocycles. The lowest BCUT2D eigenvalue weighted by molar-refractivity contribution is -0.385. The molecule has 0 saturated carbocycles. The number of aryl methyl sites for hydroxylation is 1. The van der Waals surface area contributed by atoms with Crippen LogP contribution in [-0.2, 0) is 4.79 Å². The van der Waals surface area contributed by atoms with E-state index in [1.165, 1.54) is 32.2 Å². The number of rotatable bonds is 5. The summed E-state index contributed by atoms with van der Waals surface area (Å²) in [6.45, 7) is 2.97. The second-order valence-electron chi connectivity index (χ2n) is 5.31. The summed E-state index contributed by atoms with van der Waals surface area (Å²) in [5.74, 6) is -0.387. The number of nitro benzene ring substituents is 1. The minimum absolute atomic E-state index is 0.133. The number of nitrogens with zero attached hydrogens (tertiary/aromatic N) is 1. The van der Waals surface area contributed by atoms with Gasteiger partial charge in [0.1, 0.15) is 5.75 Å². The van der Waals surface area contributed by atoms with Crippen molar-refractivity contribution in [3.8, 4) is 5.75 Å². The number of hydrogen-bond donors (Lipinski definition) is 2. The van der Waals surface area contributed by atoms with E-state index in [4.69, 9.17) is 4.74 Å². The van der Waals surface area contributed by atoms with Crippen molar-refractivity contribution in [1.82, 2.24) is 0 Å². The highest BCUT2D eigenvalue weighted by Crippen LogP contribution is 2.29. The molecule has 130 valence electrons. The van der Waals surface area contributed by atoms with Crippen LogP contribution >= 0.6 is 0 Å². The van der Waals surface area contributed by atoms with Gasteiger partial charge in [0.05, 0.1) is 17.7 Å². The summed E-state index contributed by atoms with van der Waals surface area (Å²) < 4.78 is 5.19. The Morgan fingerprint density at radius 2 is 1.84 bits per heavy atom. The molecular formula is C17H17N3O5. The maximum Gasteiger partial charge on any atom is 0.273 e. The molecular weight excluding hydrogens is 326 g/mol. The van der Waals surface area contributed by atoms with E-state index in [2.05, 4.69) is 10.6 Å². The van der Waals surface area contributed by atoms with Gasteiger partial charge >= 0.3 is 0 Å². The van der Waals surface area contributed by atoms with Crippen LogP contribution in [0.3, 0.4) is 0 Å². The Kier molecular flexibility index (Phi) is 5.33. The van der Waals surface area contributed by atoms with Gasteiger partial charge in [0, 0.05) is 29.8 Å². The first-order chi connectivity index (χ1) is 11.8. The van der Waals surface area contributed by atoms with E-state index < -0.39 is 10.8 Å². The molecule has 2 aromatic carbocycles. The van der Waals surface area contributed by atoms with Crippen molar-refractivity contribution in [2.45, 2.75) is 13.8 Å². The predicted octanol–water partition coefficient (Wildman–Crippen LogP) is 3.12. The third-order valence-electron chi connectivity index (χ3n) is 3.44. The quantitative estimate of drug-likeness (QED) is 0.640. The van der Waals surface area contributed by atoms with E-state index in [1.54, 1.807) is 25.1 Å². The number of carbonyl (C=O) groups excluding carboxylic acids is 2. The van der Waals surface area contributed by atoms with Gasteiger partial charge in [-0.3, -0.25) is 19.7 Å². The van der Waals surface area contributed by atoms with Gasteiger partial charge in [0.15, 0.2) is 0 Å². The highest BCUT2D eigenvalue weighted by Gasteiger charge is 2.16. The standard InChI is InChI=1S/C17H17N3O5/c1-10-4-5-12(8-15(10)20(23)24)17(22)19-14-9-13(18-11(2)21)6-7-16(14)25-3/h4-9H,1-3H3,(H,18,21)(H,19,22). The van der Waals surface area contributed by atoms with Crippen LogP contribution in [0.4, 0.5) is 17.1 Å². The maximum absolute atomic E-state index is 12.4. The number of carbonyl (C=O) groups is 2. The van der Waals surface area contributed by atoms with Crippen LogP contribution in [0.5, 0.6) is 5.75 Å². The highest BCUT2D eigenvalue weighted by molar-refractivity contribution is 6.06. The van der Waals surface area contributed by atoms with Crippen LogP contribution in [0, 0.1) is 17.0 Å². The van der Waals surface area contributed by atoms with Crippen LogP contribution in [0.2, 0.25) is 0 Å². The van der Waals surface area contributed by atoms with Crippen molar-refractivity contribution >= 4 is 28.9 Å². The fourth-order valence-electron chi connectivity index (χ4n) is 2.23. The van der Waals surface area contributed by atoms with Crippen molar-refractivity contribution in [2.24, 2.45) is 0 Å². The van der Waals surface area contributed by atoms with Crippen molar-refractivity contribution < 1.29 is 19.2 Å². The number of nitrogens with one attached hydrogen (secondary N) is 2. The molecule has 0 saturated heterocycles. The van der Waals surface area contributed by atoms with Gasteiger partial charge in [-0.25, -0.2) is 0 Å². The van der Waals surface area contributed by atoms with Gasteiger partial charge in [-0.05, 0) is 31.2 Å². The van der Waals surface area contributed by atoms with Gasteiger partial charge in [0.25, 0.3) is 11.6 Å². The van der Waals surface area contributed by atoms with E-state index in [1.807, 2.05) is 0 Å². The maximum atomic E-state index is 12.4. The number of nitro groups is 1. The summed E-state index contributed by atoms with van der Waals surface area (Å²) in [7, 11) is 1.44. The highest BCUT2D eigenvalue weighted by atomic mass is 16.6. The molecule has 8 heteroatoms. The molecule has 2 amide bonds. The number of hydrogen-bond acceptors (Lipinski definition) is 5. The summed E-state index contributed by atoms with van der Waals surface area (Å²) in [5.41, 5.74) is 1.29. The Labute approximate surface area is 144 Å². The first-order valence-corrected chi connectivity index (χ1v) is 7.34. The Morgan fingerprint density at radius 3 is 2.44 bits per heavy atom. The fraction of sp³-hybridized carbons (Fsp3) is 0.176. The van der Waals surface area contributed by atoms with Crippen LogP contribution < -0.4 is 15.4 Å². The SMILES string of the molecule is COc1ccc(NC(C)=O)cc1NC(=O)c1ccc(C)c([N+](=O)[O-])c1. The Morgan fingerprint density at radius 1 is 1.12 bits per heavy atom. The number of anilines is 2. The zero-order chi connectivity index (χ0) is 18.6. The molecule has 0 fully saturated rings. The minimum atomic E-state index is -0.538. The Hall–Kier alpha value is -3.42. The second kappa shape index (κ2) is 7.43. The smallest absolute Gasteiger partial charge is 0.273 e. The van der Waals surface area contributed by atoms with Crippen LogP contribution in [-0.4, -0.2) is 23.8 Å². The number of methoxy groups -OCH3 is 1. The molecule has 0 aliphatic heterocycles. The topological polar surface area (TPSA) is 111 Å². The van der Waals surface area contributed by atoms with Gasteiger partial charge in [-0.2, -0.15) is 0 Å². The Balaban J connectivity index is 2.32. The molecule has 8 nitrogen and oxygen atoms in total. The first kappa shape index (κ1) is 17.9. The lowest BCUT2D eigenvalue weighted by Gasteiger charge is -2.12. The summed E-state index contributed by atoms with van der Waals surface area (Å²) in [6, 6.07) is 9.00. The first-order valence-electron chi connectivity index (χ1n) is 7.34. The molecule has 0 spiro atoms. The van der Waals surface area contributed by atoms with Crippen molar-refractivity contribution in [1.29, 1.82) is 0 Å². The van der Waals surface area contributed by atoms with Crippen molar-refractivity contribution in [3.63, 3.8) is 0 Å². The largest absolute Gasteiger partial charge is 0.495 e. The lowest BCUT2D eigenvalue weighted by Crippen LogP contribution is -2.14. The number of ether oxygens (including phenoxy) is 1. The lowest BCUT2D eigenvalue weighted by atomic mass is 10.1. The molecule has 2 rings (SSSR count). The van der Waals surface area contributed by atoms with E-state index >= 15 is 0 Å². The van der Waals surface area contributed by atoms with E-state index in [0.29, 0.717) is 22.7 Å². The van der Waals surface area contributed by atoms with E-state index in [-0.39, 0.29) is 17.2 Å². The zero-order valence-corrected chi connectivity index (χ0v) is 14.0. The molecule has 25 heavy (non-hydrogen) atoms. The van der Waals surface area contributed by atoms with Crippen LogP contribution in [0.1, 0.15) is 22.8 Å². The molecule has 2 N–H and O–H groups in total. The number of amides is 2. The molecule has 0 radical (unpaired) electrons. The third-order valence-corrected chi connectivity index (χ3v) is 3.44. The summed E-state index contributed by atoms with van der Waals surface area (Å²) in [4.78, 5) is 34.1. The van der Waals surface area contributed by atoms with Gasteiger partial charge < -0.3 is 15.4 Å². The number of benzene rings is 2. The molecule has 0 unspecified atom stereocenters. The fourth-order valence-corrected chi connectivity index (χ4v) is 2.23. The molecule has 0 aliphatic rings. The predicted molar refractivity (Wildman–Crippen MR) is 93.1 cm³/mol. The van der Waals surface area contributed by atoms with E-state index in [0.717, 1.165) is 0 Å². The average Bonchev–Trinajstić information content (AvgIpc) is 2.54. The summed E-state index contributed by atoms with van der Waals surface area (Å²) in [6.07, 6.45) is 0. The summed E-state index contributed by atoms with van der Waals surface area (Å²) >= 11 is 0. The monoisotopic (exact) mass is 343 g/mol. The molecule has 0 atom stereocenters. The third kappa shape index (κ3) is 4.31. The van der Waals surface area contributed by atoms with Crippen molar-refractivity contribution in [2.75, 3.05) is 17.7 Å². The normalized spacial score (nSPS) is 10.0. The van der Waals surface area contributed by atoms with Gasteiger partial charge in [0.2, 0.25) is 5.91 Å². The van der Waals surface area contributed by atoms with Crippen LogP contribution in [0.25, 0.3) is 0 Å². The van der Waals surface area contributed by atoms with Gasteiger partial charge in [-0.1, -0.05) is 6.07 Å². The zero-order valence-electron chi connectivity index (χ0n) is 14.0. The van der Waals surface area contributed by atoms with Crippen LogP contribution in [0.15, 0.2) is 36.4 Å². The molecule has 0 heterocycles. The van der Waals surface area contributed by atoms with Crippen molar-refractivity contribution in [3.05, 3.63) is 57.6 Å². The molecule has 2 aromatic rings.